The molecule has 0 spiro atoms. The van der Waals surface area contributed by atoms with Crippen molar-refractivity contribution in [3.05, 3.63) is 47.5 Å². The zero-order valence-electron chi connectivity index (χ0n) is 10.7. The molecule has 20 heavy (non-hydrogen) atoms. The molecule has 0 unspecified atom stereocenters. The van der Waals surface area contributed by atoms with Crippen LogP contribution in [0.25, 0.3) is 10.8 Å². The first-order chi connectivity index (χ1) is 9.79. The van der Waals surface area contributed by atoms with E-state index in [4.69, 9.17) is 4.74 Å². The summed E-state index contributed by atoms with van der Waals surface area (Å²) in [6.07, 6.45) is 0. The summed E-state index contributed by atoms with van der Waals surface area (Å²) in [5.41, 5.74) is 2.15. The van der Waals surface area contributed by atoms with Gasteiger partial charge in [-0.05, 0) is 17.5 Å². The summed E-state index contributed by atoms with van der Waals surface area (Å²) in [4.78, 5) is 12.3. The van der Waals surface area contributed by atoms with E-state index in [-0.39, 0.29) is 5.91 Å². The van der Waals surface area contributed by atoms with E-state index in [0.717, 1.165) is 16.5 Å². The zero-order valence-corrected chi connectivity index (χ0v) is 11.5. The van der Waals surface area contributed by atoms with Crippen LogP contribution < -0.4 is 10.1 Å². The van der Waals surface area contributed by atoms with Gasteiger partial charge < -0.3 is 4.74 Å². The first kappa shape index (κ1) is 12.6. The molecule has 0 aliphatic heterocycles. The van der Waals surface area contributed by atoms with E-state index in [1.165, 1.54) is 11.3 Å². The number of methoxy groups -OCH3 is 1. The van der Waals surface area contributed by atoms with E-state index < -0.39 is 0 Å². The second kappa shape index (κ2) is 5.26. The summed E-state index contributed by atoms with van der Waals surface area (Å²) >= 11 is 1.28. The predicted octanol–water partition coefficient (Wildman–Crippen LogP) is 2.95. The van der Waals surface area contributed by atoms with Crippen molar-refractivity contribution in [2.45, 2.75) is 0 Å². The number of nitrogens with one attached hydrogen (secondary N) is 1. The van der Waals surface area contributed by atoms with Crippen molar-refractivity contribution in [3.8, 4) is 5.75 Å². The van der Waals surface area contributed by atoms with E-state index in [1.807, 2.05) is 24.3 Å². The standard InChI is InChI=1S/C14H11N3O2S/c1-19-12-7-6-11(9-4-2-3-5-10(9)12)13(18)16-14-17-15-8-20-14/h2-8H,1H3,(H,16,17,18). The summed E-state index contributed by atoms with van der Waals surface area (Å²) in [5, 5.41) is 12.5. The number of hydrogen-bond donors (Lipinski definition) is 1. The maximum absolute atomic E-state index is 12.3. The molecule has 0 fully saturated rings. The predicted molar refractivity (Wildman–Crippen MR) is 78.4 cm³/mol. The molecule has 0 aliphatic carbocycles. The molecule has 2 aromatic carbocycles. The molecule has 6 heteroatoms. The summed E-state index contributed by atoms with van der Waals surface area (Å²) in [5.74, 6) is 0.536. The minimum Gasteiger partial charge on any atom is -0.496 e. The fourth-order valence-corrected chi connectivity index (χ4v) is 2.48. The van der Waals surface area contributed by atoms with Crippen LogP contribution in [0.2, 0.25) is 0 Å². The molecule has 0 aliphatic rings. The van der Waals surface area contributed by atoms with Gasteiger partial charge in [-0.25, -0.2) is 0 Å². The molecule has 3 aromatic rings. The Hall–Kier alpha value is -2.47. The van der Waals surface area contributed by atoms with Crippen LogP contribution in [0.4, 0.5) is 5.13 Å². The van der Waals surface area contributed by atoms with Gasteiger partial charge in [0.15, 0.2) is 0 Å². The molecule has 5 nitrogen and oxygen atoms in total. The molecule has 3 rings (SSSR count). The molecule has 1 aromatic heterocycles. The first-order valence-corrected chi connectivity index (χ1v) is 6.81. The van der Waals surface area contributed by atoms with E-state index in [1.54, 1.807) is 24.8 Å². The van der Waals surface area contributed by atoms with Crippen LogP contribution in [0, 0.1) is 0 Å². The average molecular weight is 285 g/mol. The van der Waals surface area contributed by atoms with Crippen LogP contribution in [-0.4, -0.2) is 23.2 Å². The molecule has 0 bridgehead atoms. The number of anilines is 1. The summed E-state index contributed by atoms with van der Waals surface area (Å²) in [6, 6.07) is 11.2. The number of carbonyl (C=O) groups is 1. The third-order valence-corrected chi connectivity index (χ3v) is 3.54. The Morgan fingerprint density at radius 3 is 2.70 bits per heavy atom. The molecule has 0 radical (unpaired) electrons. The Kier molecular flexibility index (Phi) is 3.30. The van der Waals surface area contributed by atoms with E-state index in [0.29, 0.717) is 10.7 Å². The van der Waals surface area contributed by atoms with E-state index >= 15 is 0 Å². The highest BCUT2D eigenvalue weighted by Gasteiger charge is 2.13. The van der Waals surface area contributed by atoms with Gasteiger partial charge in [-0.15, -0.1) is 10.2 Å². The van der Waals surface area contributed by atoms with Crippen molar-refractivity contribution in [3.63, 3.8) is 0 Å². The number of benzene rings is 2. The lowest BCUT2D eigenvalue weighted by atomic mass is 10.0. The molecule has 1 heterocycles. The van der Waals surface area contributed by atoms with Crippen LogP contribution >= 0.6 is 11.3 Å². The molecule has 0 atom stereocenters. The second-order valence-electron chi connectivity index (χ2n) is 4.06. The number of ether oxygens (including phenoxy) is 1. The lowest BCUT2D eigenvalue weighted by molar-refractivity contribution is 0.102. The van der Waals surface area contributed by atoms with Gasteiger partial charge in [-0.1, -0.05) is 35.6 Å². The lowest BCUT2D eigenvalue weighted by Crippen LogP contribution is -2.12. The Labute approximate surface area is 119 Å². The highest BCUT2D eigenvalue weighted by molar-refractivity contribution is 7.13. The fourth-order valence-electron chi connectivity index (χ4n) is 2.04. The van der Waals surface area contributed by atoms with Crippen LogP contribution in [0.3, 0.4) is 0 Å². The van der Waals surface area contributed by atoms with Crippen LogP contribution in [0.5, 0.6) is 5.75 Å². The van der Waals surface area contributed by atoms with Gasteiger partial charge in [0.05, 0.1) is 7.11 Å². The van der Waals surface area contributed by atoms with Crippen molar-refractivity contribution < 1.29 is 9.53 Å². The first-order valence-electron chi connectivity index (χ1n) is 5.93. The summed E-state index contributed by atoms with van der Waals surface area (Å²) in [6.45, 7) is 0. The quantitative estimate of drug-likeness (QED) is 0.803. The SMILES string of the molecule is COc1ccc(C(=O)Nc2nncs2)c2ccccc12. The number of carbonyl (C=O) groups excluding carboxylic acids is 1. The van der Waals surface area contributed by atoms with Gasteiger partial charge in [0, 0.05) is 10.9 Å². The smallest absolute Gasteiger partial charge is 0.258 e. The molecule has 0 saturated carbocycles. The van der Waals surface area contributed by atoms with Gasteiger partial charge in [-0.3, -0.25) is 10.1 Å². The highest BCUT2D eigenvalue weighted by atomic mass is 32.1. The largest absolute Gasteiger partial charge is 0.496 e. The number of rotatable bonds is 3. The number of fused-ring (bicyclic) bond motifs is 1. The van der Waals surface area contributed by atoms with E-state index in [2.05, 4.69) is 15.5 Å². The van der Waals surface area contributed by atoms with Crippen molar-refractivity contribution in [1.29, 1.82) is 0 Å². The molecule has 100 valence electrons. The van der Waals surface area contributed by atoms with E-state index in [9.17, 15) is 4.79 Å². The van der Waals surface area contributed by atoms with Crippen molar-refractivity contribution >= 4 is 33.1 Å². The highest BCUT2D eigenvalue weighted by Crippen LogP contribution is 2.28. The fraction of sp³-hybridized carbons (Fsp3) is 0.0714. The Morgan fingerprint density at radius 2 is 2.00 bits per heavy atom. The number of nitrogens with zero attached hydrogens (tertiary/aromatic N) is 2. The molecule has 1 N–H and O–H groups in total. The monoisotopic (exact) mass is 285 g/mol. The van der Waals surface area contributed by atoms with Crippen LogP contribution in [0.1, 0.15) is 10.4 Å². The van der Waals surface area contributed by atoms with Crippen molar-refractivity contribution in [2.75, 3.05) is 12.4 Å². The molecular formula is C14H11N3O2S. The van der Waals surface area contributed by atoms with Crippen LogP contribution in [0.15, 0.2) is 41.9 Å². The average Bonchev–Trinajstić information content (AvgIpc) is 2.99. The third-order valence-electron chi connectivity index (χ3n) is 2.93. The maximum atomic E-state index is 12.3. The van der Waals surface area contributed by atoms with Gasteiger partial charge in [-0.2, -0.15) is 0 Å². The second-order valence-corrected chi connectivity index (χ2v) is 4.89. The lowest BCUT2D eigenvalue weighted by Gasteiger charge is -2.09. The Bertz CT molecular complexity index is 756. The third kappa shape index (κ3) is 2.21. The normalized spacial score (nSPS) is 10.4. The number of amides is 1. The molecule has 0 saturated heterocycles. The molecule has 1 amide bonds. The Morgan fingerprint density at radius 1 is 1.20 bits per heavy atom. The number of aromatic nitrogens is 2. The topological polar surface area (TPSA) is 64.1 Å². The van der Waals surface area contributed by atoms with Crippen LogP contribution in [-0.2, 0) is 0 Å². The minimum atomic E-state index is -0.208. The Balaban J connectivity index is 2.05. The number of hydrogen-bond acceptors (Lipinski definition) is 5. The summed E-state index contributed by atoms with van der Waals surface area (Å²) < 4.78 is 5.32. The van der Waals surface area contributed by atoms with Gasteiger partial charge in [0.25, 0.3) is 5.91 Å². The van der Waals surface area contributed by atoms with Gasteiger partial charge in [0.2, 0.25) is 5.13 Å². The maximum Gasteiger partial charge on any atom is 0.258 e. The minimum absolute atomic E-state index is 0.208. The van der Waals surface area contributed by atoms with Crippen molar-refractivity contribution in [2.24, 2.45) is 0 Å². The van der Waals surface area contributed by atoms with Crippen molar-refractivity contribution in [1.82, 2.24) is 10.2 Å². The summed E-state index contributed by atoms with van der Waals surface area (Å²) in [7, 11) is 1.61. The zero-order chi connectivity index (χ0) is 13.9. The van der Waals surface area contributed by atoms with Gasteiger partial charge in [0.1, 0.15) is 11.3 Å². The molecular weight excluding hydrogens is 274 g/mol. The van der Waals surface area contributed by atoms with Gasteiger partial charge >= 0.3 is 0 Å².